The fraction of sp³-hybridized carbons (Fsp3) is 0.652. The molecule has 4 heterocycles. The van der Waals surface area contributed by atoms with Crippen LogP contribution in [-0.2, 0) is 10.2 Å². The first kappa shape index (κ1) is 22.6. The number of aryl methyl sites for hydroxylation is 1. The molecule has 1 spiro atoms. The molecular formula is C23H33N5O4S. The molecule has 0 aliphatic carbocycles. The first-order chi connectivity index (χ1) is 15.6. The second-order valence-corrected chi connectivity index (χ2v) is 12.0. The number of H-pyrrole nitrogens is 1. The van der Waals surface area contributed by atoms with Crippen LogP contribution in [-0.4, -0.2) is 61.0 Å². The molecule has 2 aromatic rings. The molecule has 3 aliphatic rings. The highest BCUT2D eigenvalue weighted by Crippen LogP contribution is 2.52. The van der Waals surface area contributed by atoms with Gasteiger partial charge in [0, 0.05) is 25.6 Å². The van der Waals surface area contributed by atoms with E-state index in [0.717, 1.165) is 49.0 Å². The van der Waals surface area contributed by atoms with E-state index in [9.17, 15) is 13.2 Å². The number of piperidine rings is 2. The van der Waals surface area contributed by atoms with Crippen molar-refractivity contribution in [1.29, 1.82) is 0 Å². The molecule has 2 atom stereocenters. The average Bonchev–Trinajstić information content (AvgIpc) is 3.32. The molecule has 1 aromatic carbocycles. The van der Waals surface area contributed by atoms with Crippen molar-refractivity contribution in [2.24, 2.45) is 5.41 Å². The van der Waals surface area contributed by atoms with Gasteiger partial charge in [-0.3, -0.25) is 0 Å². The summed E-state index contributed by atoms with van der Waals surface area (Å²) in [5, 5.41) is 6.34. The number of anilines is 1. The van der Waals surface area contributed by atoms with E-state index in [2.05, 4.69) is 22.1 Å². The molecule has 1 N–H and O–H groups in total. The third kappa shape index (κ3) is 3.63. The van der Waals surface area contributed by atoms with Crippen LogP contribution in [0.4, 0.5) is 5.69 Å². The molecule has 1 unspecified atom stereocenters. The Hall–Kier alpha value is -2.17. The van der Waals surface area contributed by atoms with Gasteiger partial charge in [0.05, 0.1) is 5.69 Å². The predicted molar refractivity (Wildman–Crippen MR) is 126 cm³/mol. The average molecular weight is 476 g/mol. The van der Waals surface area contributed by atoms with Gasteiger partial charge in [-0.05, 0) is 81.3 Å². The van der Waals surface area contributed by atoms with Crippen LogP contribution in [0.1, 0.15) is 67.1 Å². The van der Waals surface area contributed by atoms with E-state index in [-0.39, 0.29) is 17.2 Å². The van der Waals surface area contributed by atoms with E-state index < -0.39 is 22.0 Å². The van der Waals surface area contributed by atoms with E-state index in [1.165, 1.54) is 10.7 Å². The maximum absolute atomic E-state index is 14.1. The molecule has 2 fully saturated rings. The van der Waals surface area contributed by atoms with Crippen LogP contribution in [0.2, 0.25) is 0 Å². The van der Waals surface area contributed by atoms with Gasteiger partial charge < -0.3 is 9.32 Å². The molecular weight excluding hydrogens is 442 g/mol. The molecule has 3 aliphatic heterocycles. The van der Waals surface area contributed by atoms with E-state index in [0.29, 0.717) is 18.8 Å². The Morgan fingerprint density at radius 2 is 1.88 bits per heavy atom. The quantitative estimate of drug-likeness (QED) is 0.732. The molecule has 33 heavy (non-hydrogen) atoms. The summed E-state index contributed by atoms with van der Waals surface area (Å²) in [5.41, 5.74) is 3.99. The van der Waals surface area contributed by atoms with Gasteiger partial charge in [-0.1, -0.05) is 13.0 Å². The molecule has 5 rings (SSSR count). The Morgan fingerprint density at radius 1 is 1.15 bits per heavy atom. The second kappa shape index (κ2) is 7.95. The minimum atomic E-state index is -3.86. The number of aromatic nitrogens is 2. The molecule has 2 saturated heterocycles. The zero-order valence-corrected chi connectivity index (χ0v) is 20.6. The van der Waals surface area contributed by atoms with Crippen LogP contribution >= 0.6 is 0 Å². The van der Waals surface area contributed by atoms with Crippen LogP contribution in [0.5, 0.6) is 0 Å². The summed E-state index contributed by atoms with van der Waals surface area (Å²) in [7, 11) is -1.71. The summed E-state index contributed by atoms with van der Waals surface area (Å²) in [6.07, 6.45) is 4.05. The van der Waals surface area contributed by atoms with Crippen LogP contribution < -0.4 is 10.1 Å². The van der Waals surface area contributed by atoms with Crippen molar-refractivity contribution in [1.82, 2.24) is 19.4 Å². The largest absolute Gasteiger partial charge is 0.434 e. The van der Waals surface area contributed by atoms with Crippen molar-refractivity contribution in [3.63, 3.8) is 0 Å². The fourth-order valence-electron chi connectivity index (χ4n) is 6.23. The minimum Gasteiger partial charge on any atom is -0.390 e. The third-order valence-electron chi connectivity index (χ3n) is 8.10. The first-order valence-corrected chi connectivity index (χ1v) is 13.2. The summed E-state index contributed by atoms with van der Waals surface area (Å²) < 4.78 is 36.6. The molecule has 180 valence electrons. The monoisotopic (exact) mass is 475 g/mol. The summed E-state index contributed by atoms with van der Waals surface area (Å²) in [6.45, 7) is 9.16. The van der Waals surface area contributed by atoms with Crippen molar-refractivity contribution in [2.45, 2.75) is 58.4 Å². The van der Waals surface area contributed by atoms with Gasteiger partial charge in [-0.15, -0.1) is 5.10 Å². The SMILES string of the molecule is Cc1ccc2c(c1C)C(C)[C@@H](c1n[nH]c(=O)o1)N2S(=O)(=O)N1CCC2(CCCN(C)C2)CC1. The zero-order chi connectivity index (χ0) is 23.5. The number of hydrogen-bond donors (Lipinski definition) is 1. The topological polar surface area (TPSA) is 103 Å². The van der Waals surface area contributed by atoms with Crippen molar-refractivity contribution < 1.29 is 12.8 Å². The van der Waals surface area contributed by atoms with Crippen LogP contribution in [0.15, 0.2) is 21.3 Å². The number of nitrogens with one attached hydrogen (secondary N) is 1. The van der Waals surface area contributed by atoms with E-state index in [4.69, 9.17) is 4.42 Å². The summed E-state index contributed by atoms with van der Waals surface area (Å²) in [4.78, 5) is 14.1. The van der Waals surface area contributed by atoms with Gasteiger partial charge in [-0.25, -0.2) is 14.2 Å². The lowest BCUT2D eigenvalue weighted by molar-refractivity contribution is 0.0564. The highest BCUT2D eigenvalue weighted by Gasteiger charge is 2.50. The Kier molecular flexibility index (Phi) is 5.45. The molecule has 0 amide bonds. The third-order valence-corrected chi connectivity index (χ3v) is 10.0. The van der Waals surface area contributed by atoms with Crippen molar-refractivity contribution in [3.8, 4) is 0 Å². The lowest BCUT2D eigenvalue weighted by Crippen LogP contribution is -2.53. The Labute approximate surface area is 194 Å². The van der Waals surface area contributed by atoms with E-state index in [1.807, 2.05) is 32.9 Å². The Balaban J connectivity index is 1.52. The fourth-order valence-corrected chi connectivity index (χ4v) is 8.09. The first-order valence-electron chi connectivity index (χ1n) is 11.8. The molecule has 1 aromatic heterocycles. The maximum Gasteiger partial charge on any atom is 0.434 e. The Morgan fingerprint density at radius 3 is 2.52 bits per heavy atom. The second-order valence-electron chi connectivity index (χ2n) is 10.2. The molecule has 9 nitrogen and oxygen atoms in total. The molecule has 10 heteroatoms. The smallest absolute Gasteiger partial charge is 0.390 e. The summed E-state index contributed by atoms with van der Waals surface area (Å²) >= 11 is 0. The van der Waals surface area contributed by atoms with Gasteiger partial charge in [0.25, 0.3) is 0 Å². The van der Waals surface area contributed by atoms with Gasteiger partial charge in [0.15, 0.2) is 0 Å². The highest BCUT2D eigenvalue weighted by atomic mass is 32.2. The molecule has 0 bridgehead atoms. The number of aromatic amines is 1. The highest BCUT2D eigenvalue weighted by molar-refractivity contribution is 7.90. The number of rotatable bonds is 3. The van der Waals surface area contributed by atoms with Crippen molar-refractivity contribution >= 4 is 15.9 Å². The van der Waals surface area contributed by atoms with E-state index in [1.54, 1.807) is 4.31 Å². The standard InChI is InChI=1S/C23H33N5O4S/c1-15-6-7-18-19(16(15)2)17(3)20(21-24-25-22(29)32-21)28(18)33(30,31)27-12-9-23(10-13-27)8-5-11-26(4)14-23/h6-7,17,20H,5,8-14H2,1-4H3,(H,25,29)/t17?,20-/m0/s1. The summed E-state index contributed by atoms with van der Waals surface area (Å²) in [6, 6.07) is 3.12. The molecule has 0 saturated carbocycles. The number of hydrogen-bond acceptors (Lipinski definition) is 6. The molecule has 0 radical (unpaired) electrons. The lowest BCUT2D eigenvalue weighted by Gasteiger charge is -2.47. The normalized spacial score (nSPS) is 26.1. The van der Waals surface area contributed by atoms with Crippen LogP contribution in [0, 0.1) is 19.3 Å². The van der Waals surface area contributed by atoms with Gasteiger partial charge in [0.1, 0.15) is 6.04 Å². The van der Waals surface area contributed by atoms with Gasteiger partial charge in [-0.2, -0.15) is 12.7 Å². The minimum absolute atomic E-state index is 0.103. The van der Waals surface area contributed by atoms with Crippen LogP contribution in [0.3, 0.4) is 0 Å². The number of likely N-dealkylation sites (tertiary alicyclic amines) is 1. The van der Waals surface area contributed by atoms with E-state index >= 15 is 0 Å². The Bertz CT molecular complexity index is 1210. The lowest BCUT2D eigenvalue weighted by atomic mass is 9.73. The van der Waals surface area contributed by atoms with Gasteiger partial charge >= 0.3 is 16.0 Å². The zero-order valence-electron chi connectivity index (χ0n) is 19.8. The number of benzene rings is 1. The number of nitrogens with zero attached hydrogens (tertiary/aromatic N) is 4. The van der Waals surface area contributed by atoms with Crippen LogP contribution in [0.25, 0.3) is 0 Å². The number of fused-ring (bicyclic) bond motifs is 1. The van der Waals surface area contributed by atoms with Crippen molar-refractivity contribution in [3.05, 3.63) is 45.3 Å². The predicted octanol–water partition coefficient (Wildman–Crippen LogP) is 2.70. The summed E-state index contributed by atoms with van der Waals surface area (Å²) in [5.74, 6) is -0.782. The maximum atomic E-state index is 14.1. The van der Waals surface area contributed by atoms with Crippen molar-refractivity contribution in [2.75, 3.05) is 37.5 Å². The van der Waals surface area contributed by atoms with Gasteiger partial charge in [0.2, 0.25) is 5.89 Å².